The van der Waals surface area contributed by atoms with Gasteiger partial charge in [-0.2, -0.15) is 5.10 Å². The molecule has 1 aliphatic rings. The van der Waals surface area contributed by atoms with Gasteiger partial charge in [-0.05, 0) is 18.2 Å². The van der Waals surface area contributed by atoms with Gasteiger partial charge in [-0.15, -0.1) is 0 Å². The molecular formula is C21H21N5O3. The molecule has 2 aromatic heterocycles. The molecule has 3 aromatic rings. The van der Waals surface area contributed by atoms with Gasteiger partial charge >= 0.3 is 0 Å². The van der Waals surface area contributed by atoms with Crippen LogP contribution >= 0.6 is 0 Å². The molecular weight excluding hydrogens is 370 g/mol. The molecule has 4 rings (SSSR count). The van der Waals surface area contributed by atoms with Crippen molar-refractivity contribution in [2.24, 2.45) is 5.10 Å². The van der Waals surface area contributed by atoms with Gasteiger partial charge in [-0.3, -0.25) is 14.6 Å². The minimum absolute atomic E-state index is 0.0588. The van der Waals surface area contributed by atoms with E-state index >= 15 is 0 Å². The summed E-state index contributed by atoms with van der Waals surface area (Å²) in [6.07, 6.45) is 6.58. The Morgan fingerprint density at radius 3 is 2.69 bits per heavy atom. The highest BCUT2D eigenvalue weighted by Crippen LogP contribution is 2.20. The van der Waals surface area contributed by atoms with Crippen molar-refractivity contribution in [3.63, 3.8) is 0 Å². The van der Waals surface area contributed by atoms with Crippen LogP contribution in [0.25, 0.3) is 10.9 Å². The smallest absolute Gasteiger partial charge is 0.271 e. The molecule has 8 nitrogen and oxygen atoms in total. The summed E-state index contributed by atoms with van der Waals surface area (Å²) in [6, 6.07) is 11.0. The average Bonchev–Trinajstić information content (AvgIpc) is 3.12. The highest BCUT2D eigenvalue weighted by atomic mass is 16.5. The third-order valence-electron chi connectivity index (χ3n) is 4.80. The molecule has 29 heavy (non-hydrogen) atoms. The number of rotatable bonds is 5. The molecule has 8 heteroatoms. The van der Waals surface area contributed by atoms with Gasteiger partial charge in [0.05, 0.1) is 19.4 Å². The molecule has 1 N–H and O–H groups in total. The number of hydrogen-bond donors (Lipinski definition) is 1. The fraction of sp³-hybridized carbons (Fsp3) is 0.238. The van der Waals surface area contributed by atoms with Gasteiger partial charge in [0, 0.05) is 53.7 Å². The number of morpholine rings is 1. The normalized spacial score (nSPS) is 14.4. The predicted molar refractivity (Wildman–Crippen MR) is 109 cm³/mol. The number of fused-ring (bicyclic) bond motifs is 1. The van der Waals surface area contributed by atoms with Crippen molar-refractivity contribution in [2.75, 3.05) is 26.3 Å². The number of nitrogens with zero attached hydrogens (tertiary/aromatic N) is 4. The lowest BCUT2D eigenvalue weighted by Gasteiger charge is -2.27. The zero-order chi connectivity index (χ0) is 20.1. The summed E-state index contributed by atoms with van der Waals surface area (Å²) >= 11 is 0. The van der Waals surface area contributed by atoms with E-state index in [9.17, 15) is 9.59 Å². The maximum Gasteiger partial charge on any atom is 0.271 e. The number of benzene rings is 1. The second-order valence-electron chi connectivity index (χ2n) is 6.66. The number of carbonyl (C=O) groups is 2. The number of para-hydroxylation sites is 1. The molecule has 0 aliphatic carbocycles. The lowest BCUT2D eigenvalue weighted by Crippen LogP contribution is -2.42. The van der Waals surface area contributed by atoms with Crippen molar-refractivity contribution in [3.05, 3.63) is 66.1 Å². The summed E-state index contributed by atoms with van der Waals surface area (Å²) in [4.78, 5) is 30.5. The van der Waals surface area contributed by atoms with E-state index in [0.717, 1.165) is 16.5 Å². The average molecular weight is 391 g/mol. The van der Waals surface area contributed by atoms with Crippen LogP contribution in [0, 0.1) is 0 Å². The van der Waals surface area contributed by atoms with E-state index in [-0.39, 0.29) is 18.4 Å². The Morgan fingerprint density at radius 1 is 1.14 bits per heavy atom. The van der Waals surface area contributed by atoms with E-state index in [1.54, 1.807) is 30.7 Å². The Morgan fingerprint density at radius 2 is 1.90 bits per heavy atom. The van der Waals surface area contributed by atoms with Gasteiger partial charge in [0.25, 0.3) is 5.91 Å². The van der Waals surface area contributed by atoms with Gasteiger partial charge in [0.1, 0.15) is 6.54 Å². The molecule has 0 saturated carbocycles. The monoisotopic (exact) mass is 391 g/mol. The van der Waals surface area contributed by atoms with Crippen LogP contribution in [0.2, 0.25) is 0 Å². The maximum atomic E-state index is 12.6. The number of ether oxygens (including phenoxy) is 1. The summed E-state index contributed by atoms with van der Waals surface area (Å²) in [5.74, 6) is -0.251. The van der Waals surface area contributed by atoms with Crippen molar-refractivity contribution < 1.29 is 14.3 Å². The fourth-order valence-corrected chi connectivity index (χ4v) is 3.30. The van der Waals surface area contributed by atoms with Crippen molar-refractivity contribution in [1.82, 2.24) is 19.9 Å². The van der Waals surface area contributed by atoms with Crippen molar-refractivity contribution >= 4 is 28.9 Å². The van der Waals surface area contributed by atoms with Crippen LogP contribution in [0.5, 0.6) is 0 Å². The van der Waals surface area contributed by atoms with E-state index in [0.29, 0.717) is 31.9 Å². The third-order valence-corrected chi connectivity index (χ3v) is 4.80. The standard InChI is InChI=1S/C21H21N5O3/c27-20(25-9-11-29-12-10-25)15-26-14-17(18-3-1-2-4-19(18)26)13-23-24-21(28)16-5-7-22-8-6-16/h1-8,13-14H,9-12,15H2,(H,24,28)/b23-13-. The molecule has 1 saturated heterocycles. The Labute approximate surface area is 167 Å². The number of carbonyl (C=O) groups excluding carboxylic acids is 2. The Kier molecular flexibility index (Phi) is 5.62. The molecule has 0 spiro atoms. The van der Waals surface area contributed by atoms with E-state index in [1.807, 2.05) is 39.9 Å². The Bertz CT molecular complexity index is 1040. The number of nitrogens with one attached hydrogen (secondary N) is 1. The van der Waals surface area contributed by atoms with Gasteiger partial charge < -0.3 is 14.2 Å². The first kappa shape index (κ1) is 18.8. The molecule has 0 unspecified atom stereocenters. The first-order chi connectivity index (χ1) is 14.2. The SMILES string of the molecule is O=C(N/N=C\c1cn(CC(=O)N2CCOCC2)c2ccccc12)c1ccncc1. The van der Waals surface area contributed by atoms with Crippen LogP contribution in [0.1, 0.15) is 15.9 Å². The summed E-state index contributed by atoms with van der Waals surface area (Å²) < 4.78 is 7.23. The highest BCUT2D eigenvalue weighted by molar-refractivity contribution is 6.01. The molecule has 0 bridgehead atoms. The lowest BCUT2D eigenvalue weighted by atomic mass is 10.2. The Balaban J connectivity index is 1.51. The van der Waals surface area contributed by atoms with E-state index < -0.39 is 0 Å². The van der Waals surface area contributed by atoms with Gasteiger partial charge in [0.15, 0.2) is 0 Å². The zero-order valence-electron chi connectivity index (χ0n) is 15.8. The number of pyridine rings is 1. The van der Waals surface area contributed by atoms with Crippen molar-refractivity contribution in [3.8, 4) is 0 Å². The van der Waals surface area contributed by atoms with Crippen LogP contribution in [0.4, 0.5) is 0 Å². The quantitative estimate of drug-likeness (QED) is 0.529. The first-order valence-electron chi connectivity index (χ1n) is 9.39. The molecule has 1 fully saturated rings. The largest absolute Gasteiger partial charge is 0.378 e. The van der Waals surface area contributed by atoms with Gasteiger partial charge in [-0.25, -0.2) is 5.43 Å². The van der Waals surface area contributed by atoms with Crippen molar-refractivity contribution in [2.45, 2.75) is 6.54 Å². The minimum Gasteiger partial charge on any atom is -0.378 e. The summed E-state index contributed by atoms with van der Waals surface area (Å²) in [7, 11) is 0. The lowest BCUT2D eigenvalue weighted by molar-refractivity contribution is -0.135. The van der Waals surface area contributed by atoms with Crippen LogP contribution < -0.4 is 5.43 Å². The first-order valence-corrected chi connectivity index (χ1v) is 9.39. The molecule has 3 heterocycles. The number of aromatic nitrogens is 2. The summed E-state index contributed by atoms with van der Waals surface area (Å²) in [6.45, 7) is 2.64. The molecule has 1 aromatic carbocycles. The summed E-state index contributed by atoms with van der Waals surface area (Å²) in [5.41, 5.74) is 4.77. The highest BCUT2D eigenvalue weighted by Gasteiger charge is 2.18. The van der Waals surface area contributed by atoms with Crippen LogP contribution in [0.15, 0.2) is 60.1 Å². The summed E-state index contributed by atoms with van der Waals surface area (Å²) in [5, 5.41) is 5.04. The zero-order valence-corrected chi connectivity index (χ0v) is 15.8. The molecule has 148 valence electrons. The second-order valence-corrected chi connectivity index (χ2v) is 6.66. The molecule has 0 radical (unpaired) electrons. The number of hydrogen-bond acceptors (Lipinski definition) is 5. The molecule has 0 atom stereocenters. The van der Waals surface area contributed by atoms with Gasteiger partial charge in [-0.1, -0.05) is 18.2 Å². The van der Waals surface area contributed by atoms with Crippen molar-refractivity contribution in [1.29, 1.82) is 0 Å². The van der Waals surface area contributed by atoms with Crippen LogP contribution in [0.3, 0.4) is 0 Å². The third kappa shape index (κ3) is 4.33. The van der Waals surface area contributed by atoms with Crippen LogP contribution in [-0.4, -0.2) is 58.8 Å². The maximum absolute atomic E-state index is 12.6. The molecule has 1 aliphatic heterocycles. The second kappa shape index (κ2) is 8.66. The van der Waals surface area contributed by atoms with E-state index in [2.05, 4.69) is 15.5 Å². The van der Waals surface area contributed by atoms with E-state index in [1.165, 1.54) is 0 Å². The van der Waals surface area contributed by atoms with E-state index in [4.69, 9.17) is 4.74 Å². The topological polar surface area (TPSA) is 88.8 Å². The molecule has 2 amide bonds. The number of amides is 2. The fourth-order valence-electron chi connectivity index (χ4n) is 3.30. The number of hydrazone groups is 1. The van der Waals surface area contributed by atoms with Crippen LogP contribution in [-0.2, 0) is 16.1 Å². The minimum atomic E-state index is -0.310. The predicted octanol–water partition coefficient (Wildman–Crippen LogP) is 1.66. The van der Waals surface area contributed by atoms with Gasteiger partial charge in [0.2, 0.25) is 5.91 Å². The Hall–Kier alpha value is -3.52.